The molecule has 0 unspecified atom stereocenters. The average Bonchev–Trinajstić information content (AvgIpc) is 2.53. The molecule has 4 fully saturated rings. The van der Waals surface area contributed by atoms with Crippen LogP contribution >= 0.6 is 0 Å². The van der Waals surface area contributed by atoms with Gasteiger partial charge in [-0.05, 0) is 86.2 Å². The normalized spacial score (nSPS) is 35.0. The van der Waals surface area contributed by atoms with Gasteiger partial charge in [-0.15, -0.1) is 0 Å². The van der Waals surface area contributed by atoms with Crippen molar-refractivity contribution in [1.29, 1.82) is 0 Å². The Labute approximate surface area is 146 Å². The second-order valence-electron chi connectivity index (χ2n) is 8.98. The van der Waals surface area contributed by atoms with E-state index < -0.39 is 0 Å². The van der Waals surface area contributed by atoms with Gasteiger partial charge in [0.25, 0.3) is 0 Å². The van der Waals surface area contributed by atoms with Crippen molar-refractivity contribution in [3.05, 3.63) is 35.4 Å². The quantitative estimate of drug-likeness (QED) is 0.808. The van der Waals surface area contributed by atoms with Gasteiger partial charge in [0.1, 0.15) is 0 Å². The van der Waals surface area contributed by atoms with Crippen LogP contribution in [0.15, 0.2) is 24.3 Å². The Morgan fingerprint density at radius 2 is 1.62 bits per heavy atom. The van der Waals surface area contributed by atoms with Gasteiger partial charge in [-0.1, -0.05) is 31.2 Å². The van der Waals surface area contributed by atoms with Crippen LogP contribution in [0.4, 0.5) is 0 Å². The summed E-state index contributed by atoms with van der Waals surface area (Å²) in [6.45, 7) is 4.28. The van der Waals surface area contributed by atoms with E-state index in [9.17, 15) is 4.79 Å². The molecule has 0 saturated heterocycles. The fourth-order valence-corrected chi connectivity index (χ4v) is 6.26. The molecule has 4 saturated carbocycles. The Morgan fingerprint density at radius 3 is 2.12 bits per heavy atom. The molecule has 0 spiro atoms. The second-order valence-corrected chi connectivity index (χ2v) is 8.98. The van der Waals surface area contributed by atoms with Crippen LogP contribution in [0.2, 0.25) is 0 Å². The summed E-state index contributed by atoms with van der Waals surface area (Å²) in [5, 5.41) is 3.27. The van der Waals surface area contributed by atoms with Crippen molar-refractivity contribution in [2.45, 2.75) is 71.3 Å². The molecule has 4 aliphatic rings. The molecule has 0 aliphatic heterocycles. The number of carbonyl (C=O) groups excluding carboxylic acids is 1. The number of benzene rings is 1. The summed E-state index contributed by atoms with van der Waals surface area (Å²) >= 11 is 0. The van der Waals surface area contributed by atoms with Crippen LogP contribution in [0, 0.1) is 23.2 Å². The van der Waals surface area contributed by atoms with Crippen LogP contribution in [-0.2, 0) is 11.2 Å². The minimum atomic E-state index is 0.109. The van der Waals surface area contributed by atoms with Gasteiger partial charge in [-0.2, -0.15) is 0 Å². The number of amides is 1. The number of rotatable bonds is 5. The molecule has 5 rings (SSSR count). The molecular weight excluding hydrogens is 294 g/mol. The molecule has 1 aromatic rings. The Kier molecular flexibility index (Phi) is 4.18. The van der Waals surface area contributed by atoms with E-state index in [1.54, 1.807) is 0 Å². The first kappa shape index (κ1) is 16.2. The van der Waals surface area contributed by atoms with Gasteiger partial charge in [-0.25, -0.2) is 0 Å². The van der Waals surface area contributed by atoms with E-state index in [2.05, 4.69) is 43.4 Å². The summed E-state index contributed by atoms with van der Waals surface area (Å²) in [5.41, 5.74) is 2.90. The second kappa shape index (κ2) is 6.20. The van der Waals surface area contributed by atoms with Crippen molar-refractivity contribution in [3.8, 4) is 0 Å². The van der Waals surface area contributed by atoms with Gasteiger partial charge in [0, 0.05) is 6.42 Å². The molecule has 1 aromatic carbocycles. The molecule has 0 heterocycles. The molecule has 2 heteroatoms. The molecule has 0 aromatic heterocycles. The van der Waals surface area contributed by atoms with Gasteiger partial charge in [0.05, 0.1) is 6.04 Å². The number of hydrogen-bond acceptors (Lipinski definition) is 1. The molecular formula is C22H31NO. The van der Waals surface area contributed by atoms with E-state index in [-0.39, 0.29) is 11.9 Å². The van der Waals surface area contributed by atoms with Gasteiger partial charge in [0.2, 0.25) is 5.91 Å². The predicted octanol–water partition coefficient (Wildman–Crippen LogP) is 5.03. The zero-order chi connectivity index (χ0) is 16.7. The third-order valence-corrected chi connectivity index (χ3v) is 6.97. The largest absolute Gasteiger partial charge is 0.350 e. The minimum Gasteiger partial charge on any atom is -0.350 e. The fraction of sp³-hybridized carbons (Fsp3) is 0.682. The van der Waals surface area contributed by atoms with E-state index in [1.807, 2.05) is 0 Å². The molecule has 2 nitrogen and oxygen atoms in total. The van der Waals surface area contributed by atoms with Gasteiger partial charge in [-0.3, -0.25) is 4.79 Å². The van der Waals surface area contributed by atoms with Crippen molar-refractivity contribution in [2.75, 3.05) is 0 Å². The van der Waals surface area contributed by atoms with E-state index in [0.717, 1.165) is 30.6 Å². The molecule has 0 radical (unpaired) electrons. The van der Waals surface area contributed by atoms with Crippen LogP contribution in [0.5, 0.6) is 0 Å². The number of carbonyl (C=O) groups is 1. The number of hydrogen-bond donors (Lipinski definition) is 1. The molecule has 1 atom stereocenters. The van der Waals surface area contributed by atoms with E-state index >= 15 is 0 Å². The van der Waals surface area contributed by atoms with Crippen LogP contribution in [0.1, 0.15) is 76.0 Å². The first-order valence-corrected chi connectivity index (χ1v) is 9.93. The minimum absolute atomic E-state index is 0.109. The molecule has 4 bridgehead atoms. The topological polar surface area (TPSA) is 29.1 Å². The zero-order valence-corrected chi connectivity index (χ0v) is 15.2. The summed E-state index contributed by atoms with van der Waals surface area (Å²) in [7, 11) is 0. The average molecular weight is 325 g/mol. The highest BCUT2D eigenvalue weighted by atomic mass is 16.1. The maximum atomic E-state index is 12.7. The summed E-state index contributed by atoms with van der Waals surface area (Å²) < 4.78 is 0. The van der Waals surface area contributed by atoms with Gasteiger partial charge in [0.15, 0.2) is 0 Å². The van der Waals surface area contributed by atoms with E-state index in [1.165, 1.54) is 49.7 Å². The lowest BCUT2D eigenvalue weighted by molar-refractivity contribution is -0.130. The van der Waals surface area contributed by atoms with Crippen molar-refractivity contribution < 1.29 is 4.79 Å². The first-order chi connectivity index (χ1) is 11.5. The SMILES string of the molecule is CCc1ccc([C@H](C)NC(=O)CC23CC4CC(CC(C4)C2)C3)cc1. The zero-order valence-electron chi connectivity index (χ0n) is 15.2. The molecule has 4 aliphatic carbocycles. The summed E-state index contributed by atoms with van der Waals surface area (Å²) in [5.74, 6) is 3.03. The highest BCUT2D eigenvalue weighted by Crippen LogP contribution is 2.61. The lowest BCUT2D eigenvalue weighted by Crippen LogP contribution is -2.48. The van der Waals surface area contributed by atoms with Crippen molar-refractivity contribution >= 4 is 5.91 Å². The predicted molar refractivity (Wildman–Crippen MR) is 97.6 cm³/mol. The smallest absolute Gasteiger partial charge is 0.221 e. The molecule has 24 heavy (non-hydrogen) atoms. The van der Waals surface area contributed by atoms with E-state index in [0.29, 0.717) is 5.41 Å². The third-order valence-electron chi connectivity index (χ3n) is 6.97. The standard InChI is InChI=1S/C22H31NO/c1-3-16-4-6-20(7-5-16)15(2)23-21(24)14-22-11-17-8-18(12-22)10-19(9-17)13-22/h4-7,15,17-19H,3,8-14H2,1-2H3,(H,23,24)/t15-,17?,18?,19?,22?/m0/s1. The molecule has 130 valence electrons. The van der Waals surface area contributed by atoms with Crippen LogP contribution in [0.3, 0.4) is 0 Å². The Bertz CT molecular complexity index is 568. The highest BCUT2D eigenvalue weighted by molar-refractivity contribution is 5.77. The summed E-state index contributed by atoms with van der Waals surface area (Å²) in [6.07, 6.45) is 10.1. The van der Waals surface area contributed by atoms with Crippen LogP contribution in [0.25, 0.3) is 0 Å². The number of aryl methyl sites for hydroxylation is 1. The maximum absolute atomic E-state index is 12.7. The monoisotopic (exact) mass is 325 g/mol. The third kappa shape index (κ3) is 3.12. The Hall–Kier alpha value is -1.31. The lowest BCUT2D eigenvalue weighted by Gasteiger charge is -2.56. The molecule has 1 amide bonds. The maximum Gasteiger partial charge on any atom is 0.221 e. The highest BCUT2D eigenvalue weighted by Gasteiger charge is 2.51. The summed E-state index contributed by atoms with van der Waals surface area (Å²) in [6, 6.07) is 8.79. The van der Waals surface area contributed by atoms with Crippen molar-refractivity contribution in [1.82, 2.24) is 5.32 Å². The van der Waals surface area contributed by atoms with Gasteiger partial charge < -0.3 is 5.32 Å². The first-order valence-electron chi connectivity index (χ1n) is 9.93. The fourth-order valence-electron chi connectivity index (χ4n) is 6.26. The lowest BCUT2D eigenvalue weighted by atomic mass is 9.49. The summed E-state index contributed by atoms with van der Waals surface area (Å²) in [4.78, 5) is 12.7. The van der Waals surface area contributed by atoms with E-state index in [4.69, 9.17) is 0 Å². The van der Waals surface area contributed by atoms with Crippen LogP contribution in [-0.4, -0.2) is 5.91 Å². The Balaban J connectivity index is 1.37. The Morgan fingerprint density at radius 1 is 1.08 bits per heavy atom. The number of nitrogens with one attached hydrogen (secondary N) is 1. The molecule has 1 N–H and O–H groups in total. The van der Waals surface area contributed by atoms with Crippen molar-refractivity contribution in [2.24, 2.45) is 23.2 Å². The van der Waals surface area contributed by atoms with Crippen LogP contribution < -0.4 is 5.32 Å². The van der Waals surface area contributed by atoms with Crippen molar-refractivity contribution in [3.63, 3.8) is 0 Å². The van der Waals surface area contributed by atoms with Gasteiger partial charge >= 0.3 is 0 Å².